The van der Waals surface area contributed by atoms with Gasteiger partial charge in [-0.15, -0.1) is 0 Å². The van der Waals surface area contributed by atoms with Crippen LogP contribution in [0.25, 0.3) is 0 Å². The molecule has 3 heteroatoms. The number of carbonyl (C=O) groups excluding carboxylic acids is 1. The summed E-state index contributed by atoms with van der Waals surface area (Å²) in [4.78, 5) is 12.6. The molecule has 0 aliphatic heterocycles. The number of rotatable bonds is 17. The summed E-state index contributed by atoms with van der Waals surface area (Å²) >= 11 is 0. The molecule has 2 nitrogen and oxygen atoms in total. The molecule has 0 unspecified atom stereocenters. The van der Waals surface area contributed by atoms with E-state index in [2.05, 4.69) is 173 Å². The quantitative estimate of drug-likeness (QED) is 0.0670. The van der Waals surface area contributed by atoms with Crippen molar-refractivity contribution in [2.75, 3.05) is 6.61 Å². The van der Waals surface area contributed by atoms with Crippen molar-refractivity contribution in [3.05, 3.63) is 12.2 Å². The van der Waals surface area contributed by atoms with E-state index in [1.54, 1.807) is 6.92 Å². The van der Waals surface area contributed by atoms with E-state index >= 15 is 0 Å². The molecule has 0 aromatic heterocycles. The minimum atomic E-state index is -2.66. The van der Waals surface area contributed by atoms with Gasteiger partial charge in [0.2, 0.25) is 0 Å². The minimum Gasteiger partial charge on any atom is -0.462 e. The average Bonchev–Trinajstić information content (AvgIpc) is 2.86. The Kier molecular flexibility index (Phi) is 13.5. The van der Waals surface area contributed by atoms with Crippen molar-refractivity contribution >= 4 is 14.0 Å². The highest BCUT2D eigenvalue weighted by Crippen LogP contribution is 2.82. The summed E-state index contributed by atoms with van der Waals surface area (Å²) in [6, 6.07) is 1.09. The molecular weight excluding hydrogens is 577 g/mol. The molecule has 0 aliphatic rings. The van der Waals surface area contributed by atoms with Crippen LogP contribution in [0.1, 0.15) is 180 Å². The number of esters is 1. The van der Waals surface area contributed by atoms with Crippen LogP contribution in [0.2, 0.25) is 21.2 Å². The van der Waals surface area contributed by atoms with Gasteiger partial charge in [-0.25, -0.2) is 4.79 Å². The normalized spacial score (nSPS) is 15.7. The minimum absolute atomic E-state index is 0.000578. The van der Waals surface area contributed by atoms with Crippen molar-refractivity contribution < 1.29 is 9.53 Å². The number of carbonyl (C=O) groups is 1. The third-order valence-corrected chi connectivity index (χ3v) is 27.7. The molecule has 0 rings (SSSR count). The number of hydrogen-bond donors (Lipinski definition) is 0. The first kappa shape index (κ1) is 45.4. The van der Waals surface area contributed by atoms with Crippen LogP contribution in [0.4, 0.5) is 0 Å². The van der Waals surface area contributed by atoms with Crippen LogP contribution in [-0.4, -0.2) is 20.7 Å². The molecule has 0 bridgehead atoms. The van der Waals surface area contributed by atoms with Crippen molar-refractivity contribution in [1.29, 1.82) is 0 Å². The fourth-order valence-electron chi connectivity index (χ4n) is 10.1. The second-order valence-corrected chi connectivity index (χ2v) is 27.4. The van der Waals surface area contributed by atoms with Gasteiger partial charge in [0.05, 0.1) is 14.7 Å². The smallest absolute Gasteiger partial charge is 0.333 e. The van der Waals surface area contributed by atoms with Gasteiger partial charge in [0.25, 0.3) is 0 Å². The van der Waals surface area contributed by atoms with Crippen molar-refractivity contribution in [1.82, 2.24) is 0 Å². The summed E-state index contributed by atoms with van der Waals surface area (Å²) in [5.41, 5.74) is 0.732. The van der Waals surface area contributed by atoms with Gasteiger partial charge in [-0.2, -0.15) is 0 Å². The molecular formula is C43H86O2Si. The maximum Gasteiger partial charge on any atom is 0.333 e. The summed E-state index contributed by atoms with van der Waals surface area (Å²) < 4.78 is 5.89. The highest BCUT2D eigenvalue weighted by atomic mass is 28.3. The zero-order chi connectivity index (χ0) is 37.7. The van der Waals surface area contributed by atoms with Gasteiger partial charge < -0.3 is 4.74 Å². The SMILES string of the molecule is C=C(C)C(=O)OCCC[Si](C(C)(C)C(C)(C)C(C)(C)C(C)C)(C(C)(C)C(C)(C)C(C)(C)C(C)C)C(C)(C)C(C)(C)C(C)(C)C(C)C. The Labute approximate surface area is 292 Å². The lowest BCUT2D eigenvalue weighted by Crippen LogP contribution is -2.73. The van der Waals surface area contributed by atoms with Gasteiger partial charge in [-0.1, -0.05) is 179 Å². The van der Waals surface area contributed by atoms with Crippen LogP contribution in [0.5, 0.6) is 0 Å². The standard InChI is InChI=1S/C43H86O2Si/c1-30(2)34(44)45-28-27-29-46(41(21,22)38(15,16)35(9,10)31(3)4,42(23,24)39(17,18)36(11,12)32(5)6)43(25,26)40(19,20)37(13,14)33(7)8/h31-33H,1,27-29H2,2-26H3. The number of hydrogen-bond acceptors (Lipinski definition) is 2. The van der Waals surface area contributed by atoms with Crippen LogP contribution in [0.3, 0.4) is 0 Å². The van der Waals surface area contributed by atoms with Gasteiger partial charge in [0.15, 0.2) is 0 Å². The average molecular weight is 663 g/mol. The molecule has 0 atom stereocenters. The Balaban J connectivity index is 8.72. The molecule has 274 valence electrons. The summed E-state index contributed by atoms with van der Waals surface area (Å²) in [6.07, 6.45) is 0.871. The topological polar surface area (TPSA) is 26.3 Å². The third-order valence-electron chi connectivity index (χ3n) is 18.3. The Morgan fingerprint density at radius 3 is 0.978 bits per heavy atom. The molecule has 46 heavy (non-hydrogen) atoms. The maximum absolute atomic E-state index is 12.6. The molecule has 0 aromatic carbocycles. The Morgan fingerprint density at radius 2 is 0.783 bits per heavy atom. The highest BCUT2D eigenvalue weighted by Gasteiger charge is 2.76. The lowest BCUT2D eigenvalue weighted by Gasteiger charge is -2.77. The summed E-state index contributed by atoms with van der Waals surface area (Å²) in [5.74, 6) is 1.30. The summed E-state index contributed by atoms with van der Waals surface area (Å²) in [6.45, 7) is 67.5. The van der Waals surface area contributed by atoms with Gasteiger partial charge in [-0.3, -0.25) is 0 Å². The lowest BCUT2D eigenvalue weighted by molar-refractivity contribution is -0.138. The summed E-state index contributed by atoms with van der Waals surface area (Å²) in [7, 11) is -2.66. The molecule has 0 saturated carbocycles. The van der Waals surface area contributed by atoms with Crippen LogP contribution < -0.4 is 0 Å². The third kappa shape index (κ3) is 6.41. The molecule has 0 fully saturated rings. The lowest BCUT2D eigenvalue weighted by atomic mass is 9.56. The second kappa shape index (κ2) is 13.6. The molecule has 0 heterocycles. The molecule has 0 aromatic rings. The number of ether oxygens (including phenoxy) is 1. The summed E-state index contributed by atoms with van der Waals surface area (Å²) in [5, 5.41) is -0.0601. The predicted octanol–water partition coefficient (Wildman–Crippen LogP) is 14.4. The Bertz CT molecular complexity index is 949. The van der Waals surface area contributed by atoms with E-state index in [1.165, 1.54) is 0 Å². The predicted molar refractivity (Wildman–Crippen MR) is 210 cm³/mol. The van der Waals surface area contributed by atoms with E-state index in [-0.39, 0.29) is 53.6 Å². The van der Waals surface area contributed by atoms with Crippen LogP contribution >= 0.6 is 0 Å². The van der Waals surface area contributed by atoms with Gasteiger partial charge in [0.1, 0.15) is 0 Å². The second-order valence-electron chi connectivity index (χ2n) is 21.3. The van der Waals surface area contributed by atoms with Crippen LogP contribution in [0, 0.1) is 50.2 Å². The van der Waals surface area contributed by atoms with E-state index in [9.17, 15) is 4.79 Å². The molecule has 0 saturated heterocycles. The van der Waals surface area contributed by atoms with Gasteiger partial charge in [-0.05, 0) is 78.7 Å². The maximum atomic E-state index is 12.6. The van der Waals surface area contributed by atoms with E-state index < -0.39 is 8.07 Å². The van der Waals surface area contributed by atoms with E-state index in [1.807, 2.05) is 0 Å². The van der Waals surface area contributed by atoms with Crippen molar-refractivity contribution in [2.24, 2.45) is 50.2 Å². The molecule has 0 aliphatic carbocycles. The van der Waals surface area contributed by atoms with E-state index in [0.717, 1.165) is 12.5 Å². The molecule has 0 amide bonds. The Morgan fingerprint density at radius 1 is 0.543 bits per heavy atom. The van der Waals surface area contributed by atoms with E-state index in [0.29, 0.717) is 29.9 Å². The van der Waals surface area contributed by atoms with Crippen LogP contribution in [0.15, 0.2) is 12.2 Å². The van der Waals surface area contributed by atoms with Gasteiger partial charge >= 0.3 is 5.97 Å². The van der Waals surface area contributed by atoms with Crippen molar-refractivity contribution in [3.63, 3.8) is 0 Å². The zero-order valence-corrected chi connectivity index (χ0v) is 37.4. The van der Waals surface area contributed by atoms with Crippen molar-refractivity contribution in [3.8, 4) is 0 Å². The van der Waals surface area contributed by atoms with Gasteiger partial charge in [0, 0.05) is 5.57 Å². The fraction of sp³-hybridized carbons (Fsp3) is 0.930. The first-order valence-corrected chi connectivity index (χ1v) is 20.9. The monoisotopic (exact) mass is 663 g/mol. The molecule has 0 spiro atoms. The zero-order valence-electron chi connectivity index (χ0n) is 36.4. The largest absolute Gasteiger partial charge is 0.462 e. The van der Waals surface area contributed by atoms with Crippen LogP contribution in [-0.2, 0) is 9.53 Å². The van der Waals surface area contributed by atoms with E-state index in [4.69, 9.17) is 4.74 Å². The molecule has 0 N–H and O–H groups in total. The first-order chi connectivity index (χ1) is 19.9. The van der Waals surface area contributed by atoms with Crippen molar-refractivity contribution in [2.45, 2.75) is 201 Å². The molecule has 0 radical (unpaired) electrons. The fourth-order valence-corrected chi connectivity index (χ4v) is 21.5. The highest BCUT2D eigenvalue weighted by molar-refractivity contribution is 6.88. The first-order valence-electron chi connectivity index (χ1n) is 18.7. The Hall–Kier alpha value is -0.573.